The maximum atomic E-state index is 13.8. The molecule has 0 fully saturated rings. The molecule has 0 saturated carbocycles. The van der Waals surface area contributed by atoms with Gasteiger partial charge in [-0.2, -0.15) is 5.10 Å². The summed E-state index contributed by atoms with van der Waals surface area (Å²) in [5.74, 6) is 0.201. The van der Waals surface area contributed by atoms with E-state index >= 15 is 0 Å². The van der Waals surface area contributed by atoms with Crippen molar-refractivity contribution in [1.82, 2.24) is 4.98 Å². The first kappa shape index (κ1) is 19.7. The highest BCUT2D eigenvalue weighted by molar-refractivity contribution is 6.04. The number of guanidine groups is 1. The molecular formula is C18H21ClFN5O. The fraction of sp³-hybridized carbons (Fsp3) is 0.278. The molecule has 8 heteroatoms. The molecule has 3 rings (SSSR count). The molecule has 138 valence electrons. The summed E-state index contributed by atoms with van der Waals surface area (Å²) >= 11 is 0. The van der Waals surface area contributed by atoms with Crippen LogP contribution in [0, 0.1) is 12.7 Å². The number of aryl methyl sites for hydroxylation is 1. The van der Waals surface area contributed by atoms with E-state index in [9.17, 15) is 4.39 Å². The third-order valence-electron chi connectivity index (χ3n) is 4.32. The number of methoxy groups -OCH3 is 1. The summed E-state index contributed by atoms with van der Waals surface area (Å²) in [6, 6.07) is 6.45. The normalized spacial score (nSPS) is 17.2. The van der Waals surface area contributed by atoms with Crippen LogP contribution in [0.5, 0.6) is 5.75 Å². The van der Waals surface area contributed by atoms with Crippen molar-refractivity contribution in [2.45, 2.75) is 25.7 Å². The summed E-state index contributed by atoms with van der Waals surface area (Å²) in [6.45, 7) is 1.99. The third-order valence-corrected chi connectivity index (χ3v) is 4.32. The van der Waals surface area contributed by atoms with Gasteiger partial charge in [-0.15, -0.1) is 17.5 Å². The lowest BCUT2D eigenvalue weighted by molar-refractivity contribution is 0.403. The van der Waals surface area contributed by atoms with Gasteiger partial charge in [-0.25, -0.2) is 4.39 Å². The zero-order valence-corrected chi connectivity index (χ0v) is 15.4. The van der Waals surface area contributed by atoms with Crippen molar-refractivity contribution in [1.29, 1.82) is 0 Å². The predicted octanol–water partition coefficient (Wildman–Crippen LogP) is 2.67. The van der Waals surface area contributed by atoms with Crippen LogP contribution < -0.4 is 16.2 Å². The Bertz CT molecular complexity index is 865. The minimum Gasteiger partial charge on any atom is -0.496 e. The Balaban J connectivity index is 0.00000243. The lowest BCUT2D eigenvalue weighted by Crippen LogP contribution is -2.24. The number of halogens is 2. The topological polar surface area (TPSA) is 98.9 Å². The summed E-state index contributed by atoms with van der Waals surface area (Å²) in [4.78, 5) is 4.48. The molecule has 1 aromatic heterocycles. The van der Waals surface area contributed by atoms with Gasteiger partial charge >= 0.3 is 0 Å². The second-order valence-electron chi connectivity index (χ2n) is 6.01. The molecule has 6 nitrogen and oxygen atoms in total. The summed E-state index contributed by atoms with van der Waals surface area (Å²) in [6.07, 6.45) is 2.99. The third kappa shape index (κ3) is 3.94. The molecule has 0 saturated heterocycles. The van der Waals surface area contributed by atoms with Crippen LogP contribution in [0.4, 0.5) is 4.39 Å². The molecule has 0 spiro atoms. The number of nitrogens with two attached hydrogens (primary N) is 2. The number of fused-ring (bicyclic) bond motifs is 1. The van der Waals surface area contributed by atoms with E-state index in [2.05, 4.69) is 15.2 Å². The number of rotatable bonds is 3. The van der Waals surface area contributed by atoms with Crippen molar-refractivity contribution in [3.05, 3.63) is 58.7 Å². The molecule has 1 unspecified atom stereocenters. The molecule has 1 heterocycles. The molecule has 0 aliphatic heterocycles. The number of pyridine rings is 1. The molecule has 26 heavy (non-hydrogen) atoms. The fourth-order valence-corrected chi connectivity index (χ4v) is 3.26. The number of nitrogens with zero attached hydrogens (tertiary/aromatic N) is 3. The van der Waals surface area contributed by atoms with Gasteiger partial charge < -0.3 is 16.2 Å². The maximum Gasteiger partial charge on any atom is 0.211 e. The highest BCUT2D eigenvalue weighted by Crippen LogP contribution is 2.37. The van der Waals surface area contributed by atoms with Crippen LogP contribution in [0.1, 0.15) is 34.7 Å². The lowest BCUT2D eigenvalue weighted by atomic mass is 9.79. The molecule has 0 amide bonds. The van der Waals surface area contributed by atoms with Crippen molar-refractivity contribution in [3.8, 4) is 5.75 Å². The Morgan fingerprint density at radius 3 is 2.73 bits per heavy atom. The number of hydrogen-bond donors (Lipinski definition) is 2. The van der Waals surface area contributed by atoms with Crippen LogP contribution >= 0.6 is 12.4 Å². The Hall–Kier alpha value is -2.67. The Labute approximate surface area is 157 Å². The first-order chi connectivity index (χ1) is 12.0. The van der Waals surface area contributed by atoms with E-state index < -0.39 is 0 Å². The number of benzene rings is 1. The zero-order chi connectivity index (χ0) is 18.0. The standard InChI is InChI=1S/C18H20FN5O.ClH/c1-10-5-6-22-14-7-11(8-15(17(10)14)23-24-18(20)21)13-9-12(19)3-4-16(13)25-2;/h3-6,9,11H,7-8H2,1-2H3,(H4,20,21,24);1H/b23-15-;. The monoisotopic (exact) mass is 377 g/mol. The first-order valence-electron chi connectivity index (χ1n) is 7.93. The van der Waals surface area contributed by atoms with Crippen molar-refractivity contribution in [3.63, 3.8) is 0 Å². The average Bonchev–Trinajstić information content (AvgIpc) is 2.59. The second kappa shape index (κ2) is 8.14. The Morgan fingerprint density at radius 2 is 2.04 bits per heavy atom. The van der Waals surface area contributed by atoms with E-state index in [0.717, 1.165) is 28.1 Å². The van der Waals surface area contributed by atoms with E-state index in [4.69, 9.17) is 16.2 Å². The second-order valence-corrected chi connectivity index (χ2v) is 6.01. The van der Waals surface area contributed by atoms with E-state index in [0.29, 0.717) is 18.6 Å². The van der Waals surface area contributed by atoms with Crippen LogP contribution in [-0.2, 0) is 6.42 Å². The Morgan fingerprint density at radius 1 is 1.27 bits per heavy atom. The fourth-order valence-electron chi connectivity index (χ4n) is 3.26. The van der Waals surface area contributed by atoms with Gasteiger partial charge in [-0.1, -0.05) is 0 Å². The van der Waals surface area contributed by atoms with Gasteiger partial charge in [0.2, 0.25) is 5.96 Å². The molecular weight excluding hydrogens is 357 g/mol. The number of ether oxygens (including phenoxy) is 1. The van der Waals surface area contributed by atoms with Gasteiger partial charge in [-0.05, 0) is 55.5 Å². The van der Waals surface area contributed by atoms with Crippen LogP contribution in [-0.4, -0.2) is 23.8 Å². The average molecular weight is 378 g/mol. The highest BCUT2D eigenvalue weighted by Gasteiger charge is 2.29. The largest absolute Gasteiger partial charge is 0.496 e. The molecule has 1 aliphatic rings. The summed E-state index contributed by atoms with van der Waals surface area (Å²) in [7, 11) is 1.57. The SMILES string of the molecule is COc1ccc(F)cc1C1C/C(=N/N=C(N)N)c2c(C)ccnc2C1.Cl. The van der Waals surface area contributed by atoms with Gasteiger partial charge in [0.05, 0.1) is 18.5 Å². The maximum absolute atomic E-state index is 13.8. The zero-order valence-electron chi connectivity index (χ0n) is 14.6. The van der Waals surface area contributed by atoms with Gasteiger partial charge in [0, 0.05) is 17.3 Å². The molecule has 1 aromatic carbocycles. The summed E-state index contributed by atoms with van der Waals surface area (Å²) in [5, 5.41) is 8.02. The predicted molar refractivity (Wildman–Crippen MR) is 103 cm³/mol. The highest BCUT2D eigenvalue weighted by atomic mass is 35.5. The van der Waals surface area contributed by atoms with Gasteiger partial charge in [0.1, 0.15) is 11.6 Å². The summed E-state index contributed by atoms with van der Waals surface area (Å²) < 4.78 is 19.2. The quantitative estimate of drug-likeness (QED) is 0.488. The lowest BCUT2D eigenvalue weighted by Gasteiger charge is -2.27. The van der Waals surface area contributed by atoms with Crippen molar-refractivity contribution in [2.75, 3.05) is 7.11 Å². The summed E-state index contributed by atoms with van der Waals surface area (Å²) in [5.41, 5.74) is 15.3. The van der Waals surface area contributed by atoms with Crippen LogP contribution in [0.25, 0.3) is 0 Å². The van der Waals surface area contributed by atoms with Gasteiger partial charge in [-0.3, -0.25) is 4.98 Å². The van der Waals surface area contributed by atoms with Crippen LogP contribution in [0.3, 0.4) is 0 Å². The molecule has 1 aliphatic carbocycles. The van der Waals surface area contributed by atoms with Gasteiger partial charge in [0.25, 0.3) is 0 Å². The number of aromatic nitrogens is 1. The Kier molecular flexibility index (Phi) is 6.15. The van der Waals surface area contributed by atoms with E-state index in [1.54, 1.807) is 19.4 Å². The molecule has 0 radical (unpaired) electrons. The van der Waals surface area contributed by atoms with E-state index in [1.165, 1.54) is 12.1 Å². The molecule has 4 N–H and O–H groups in total. The van der Waals surface area contributed by atoms with E-state index in [1.807, 2.05) is 13.0 Å². The minimum atomic E-state index is -0.304. The van der Waals surface area contributed by atoms with Crippen LogP contribution in [0.15, 0.2) is 40.7 Å². The van der Waals surface area contributed by atoms with Crippen molar-refractivity contribution in [2.24, 2.45) is 21.7 Å². The van der Waals surface area contributed by atoms with Gasteiger partial charge in [0.15, 0.2) is 0 Å². The smallest absolute Gasteiger partial charge is 0.211 e. The van der Waals surface area contributed by atoms with Crippen molar-refractivity contribution >= 4 is 24.1 Å². The molecule has 0 bridgehead atoms. The minimum absolute atomic E-state index is 0. The van der Waals surface area contributed by atoms with Crippen LogP contribution in [0.2, 0.25) is 0 Å². The molecule has 2 aromatic rings. The van der Waals surface area contributed by atoms with E-state index in [-0.39, 0.29) is 30.1 Å². The number of hydrogen-bond acceptors (Lipinski definition) is 4. The first-order valence-corrected chi connectivity index (χ1v) is 7.93. The molecule has 1 atom stereocenters. The van der Waals surface area contributed by atoms with Crippen molar-refractivity contribution < 1.29 is 9.13 Å².